The summed E-state index contributed by atoms with van der Waals surface area (Å²) in [5.41, 5.74) is 2.16. The maximum atomic E-state index is 5.72. The molecule has 1 aromatic carbocycles. The molecule has 0 radical (unpaired) electrons. The fourth-order valence-corrected chi connectivity index (χ4v) is 2.28. The zero-order valence-corrected chi connectivity index (χ0v) is 12.5. The van der Waals surface area contributed by atoms with Crippen LogP contribution in [0.25, 0.3) is 11.3 Å². The molecule has 0 aliphatic rings. The highest BCUT2D eigenvalue weighted by molar-refractivity contribution is 9.09. The normalized spacial score (nSPS) is 10.6. The van der Waals surface area contributed by atoms with Crippen LogP contribution in [0.1, 0.15) is 25.7 Å². The number of hydrogen-bond acceptors (Lipinski definition) is 2. The van der Waals surface area contributed by atoms with Gasteiger partial charge in [-0.25, -0.2) is 0 Å². The standard InChI is InChI=1S/C15H19BrN2O/c16-10-3-1-2-4-12-19-14-7-5-13(6-8-14)15-9-11-17-18-15/h5-9,11H,1-4,10,12H2,(H,17,18). The molecule has 3 nitrogen and oxygen atoms in total. The largest absolute Gasteiger partial charge is 0.494 e. The van der Waals surface area contributed by atoms with Crippen molar-refractivity contribution < 1.29 is 4.74 Å². The number of unbranched alkanes of at least 4 members (excludes halogenated alkanes) is 3. The lowest BCUT2D eigenvalue weighted by molar-refractivity contribution is 0.305. The predicted molar refractivity (Wildman–Crippen MR) is 81.8 cm³/mol. The molecule has 0 amide bonds. The van der Waals surface area contributed by atoms with E-state index >= 15 is 0 Å². The van der Waals surface area contributed by atoms with Crippen molar-refractivity contribution in [2.24, 2.45) is 0 Å². The Balaban J connectivity index is 1.73. The lowest BCUT2D eigenvalue weighted by Crippen LogP contribution is -1.97. The molecule has 0 spiro atoms. The van der Waals surface area contributed by atoms with Crippen LogP contribution in [0, 0.1) is 0 Å². The summed E-state index contributed by atoms with van der Waals surface area (Å²) >= 11 is 3.44. The van der Waals surface area contributed by atoms with E-state index in [1.807, 2.05) is 30.3 Å². The van der Waals surface area contributed by atoms with Crippen molar-refractivity contribution >= 4 is 15.9 Å². The number of ether oxygens (including phenoxy) is 1. The number of aromatic amines is 1. The highest BCUT2D eigenvalue weighted by Gasteiger charge is 1.99. The lowest BCUT2D eigenvalue weighted by Gasteiger charge is -2.06. The van der Waals surface area contributed by atoms with E-state index in [0.29, 0.717) is 0 Å². The summed E-state index contributed by atoms with van der Waals surface area (Å²) in [6.45, 7) is 0.797. The molecule has 19 heavy (non-hydrogen) atoms. The number of nitrogens with one attached hydrogen (secondary N) is 1. The Labute approximate surface area is 122 Å². The van der Waals surface area contributed by atoms with Gasteiger partial charge in [-0.1, -0.05) is 28.8 Å². The van der Waals surface area contributed by atoms with E-state index in [9.17, 15) is 0 Å². The highest BCUT2D eigenvalue weighted by Crippen LogP contribution is 2.20. The molecule has 0 saturated carbocycles. The molecule has 0 aliphatic heterocycles. The summed E-state index contributed by atoms with van der Waals surface area (Å²) in [4.78, 5) is 0. The topological polar surface area (TPSA) is 37.9 Å². The van der Waals surface area contributed by atoms with Crippen LogP contribution in [0.4, 0.5) is 0 Å². The highest BCUT2D eigenvalue weighted by atomic mass is 79.9. The van der Waals surface area contributed by atoms with Crippen molar-refractivity contribution in [2.75, 3.05) is 11.9 Å². The minimum absolute atomic E-state index is 0.797. The summed E-state index contributed by atoms with van der Waals surface area (Å²) in [6, 6.07) is 10.1. The van der Waals surface area contributed by atoms with Gasteiger partial charge in [-0.2, -0.15) is 5.10 Å². The van der Waals surface area contributed by atoms with Crippen molar-refractivity contribution in [1.82, 2.24) is 10.2 Å². The fourth-order valence-electron chi connectivity index (χ4n) is 1.89. The van der Waals surface area contributed by atoms with Crippen LogP contribution in [0.2, 0.25) is 0 Å². The maximum Gasteiger partial charge on any atom is 0.119 e. The number of halogens is 1. The quantitative estimate of drug-likeness (QED) is 0.577. The van der Waals surface area contributed by atoms with Crippen LogP contribution in [-0.4, -0.2) is 22.1 Å². The first kappa shape index (κ1) is 14.1. The van der Waals surface area contributed by atoms with E-state index in [-0.39, 0.29) is 0 Å². The lowest BCUT2D eigenvalue weighted by atomic mass is 10.1. The smallest absolute Gasteiger partial charge is 0.119 e. The molecule has 1 heterocycles. The molecule has 1 aromatic heterocycles. The van der Waals surface area contributed by atoms with Gasteiger partial charge >= 0.3 is 0 Å². The second kappa shape index (κ2) is 8.00. The van der Waals surface area contributed by atoms with Crippen LogP contribution >= 0.6 is 15.9 Å². The Morgan fingerprint density at radius 3 is 2.47 bits per heavy atom. The summed E-state index contributed by atoms with van der Waals surface area (Å²) in [5, 5.41) is 8.00. The van der Waals surface area contributed by atoms with Gasteiger partial charge in [0.05, 0.1) is 12.3 Å². The second-order valence-corrected chi connectivity index (χ2v) is 5.24. The van der Waals surface area contributed by atoms with Crippen molar-refractivity contribution in [3.05, 3.63) is 36.5 Å². The third kappa shape index (κ3) is 4.71. The number of alkyl halides is 1. The maximum absolute atomic E-state index is 5.72. The SMILES string of the molecule is BrCCCCCCOc1ccc(-c2ccn[nH]2)cc1. The molecule has 0 fully saturated rings. The molecule has 0 saturated heterocycles. The fraction of sp³-hybridized carbons (Fsp3) is 0.400. The van der Waals surface area contributed by atoms with Gasteiger partial charge in [0.15, 0.2) is 0 Å². The predicted octanol–water partition coefficient (Wildman–Crippen LogP) is 4.41. The molecule has 1 N–H and O–H groups in total. The van der Waals surface area contributed by atoms with Crippen LogP contribution in [-0.2, 0) is 0 Å². The van der Waals surface area contributed by atoms with Crippen molar-refractivity contribution in [3.63, 3.8) is 0 Å². The Morgan fingerprint density at radius 1 is 1.00 bits per heavy atom. The Hall–Kier alpha value is -1.29. The number of aromatic nitrogens is 2. The van der Waals surface area contributed by atoms with Crippen molar-refractivity contribution in [1.29, 1.82) is 0 Å². The molecule has 0 atom stereocenters. The first-order valence-corrected chi connectivity index (χ1v) is 7.81. The molecule has 2 rings (SSSR count). The summed E-state index contributed by atoms with van der Waals surface area (Å²) < 4.78 is 5.72. The van der Waals surface area contributed by atoms with Gasteiger partial charge in [-0.05, 0) is 48.7 Å². The molecular weight excluding hydrogens is 304 g/mol. The number of hydrogen-bond donors (Lipinski definition) is 1. The van der Waals surface area contributed by atoms with E-state index in [4.69, 9.17) is 4.74 Å². The molecule has 0 bridgehead atoms. The van der Waals surface area contributed by atoms with Crippen LogP contribution in [0.15, 0.2) is 36.5 Å². The van der Waals surface area contributed by atoms with Gasteiger partial charge in [0.1, 0.15) is 5.75 Å². The Morgan fingerprint density at radius 2 is 1.79 bits per heavy atom. The zero-order valence-electron chi connectivity index (χ0n) is 10.9. The Bertz CT molecular complexity index is 454. The number of nitrogens with zero attached hydrogens (tertiary/aromatic N) is 1. The van der Waals surface area contributed by atoms with Gasteiger partial charge in [0.2, 0.25) is 0 Å². The average molecular weight is 323 g/mol. The van der Waals surface area contributed by atoms with Gasteiger partial charge in [0.25, 0.3) is 0 Å². The molecule has 102 valence electrons. The van der Waals surface area contributed by atoms with Crippen molar-refractivity contribution in [3.8, 4) is 17.0 Å². The van der Waals surface area contributed by atoms with Gasteiger partial charge in [0, 0.05) is 11.5 Å². The minimum atomic E-state index is 0.797. The molecule has 2 aromatic rings. The number of benzene rings is 1. The van der Waals surface area contributed by atoms with E-state index in [1.54, 1.807) is 6.20 Å². The van der Waals surface area contributed by atoms with Crippen molar-refractivity contribution in [2.45, 2.75) is 25.7 Å². The number of H-pyrrole nitrogens is 1. The average Bonchev–Trinajstić information content (AvgIpc) is 2.97. The molecular formula is C15H19BrN2O. The van der Waals surface area contributed by atoms with Crippen LogP contribution in [0.3, 0.4) is 0 Å². The summed E-state index contributed by atoms with van der Waals surface area (Å²) in [6.07, 6.45) is 6.63. The van der Waals surface area contributed by atoms with Gasteiger partial charge < -0.3 is 4.74 Å². The molecule has 0 unspecified atom stereocenters. The van der Waals surface area contributed by atoms with E-state index in [0.717, 1.165) is 35.4 Å². The Kier molecular flexibility index (Phi) is 5.95. The third-order valence-electron chi connectivity index (χ3n) is 2.96. The number of rotatable bonds is 8. The molecule has 4 heteroatoms. The summed E-state index contributed by atoms with van der Waals surface area (Å²) in [5.74, 6) is 0.934. The van der Waals surface area contributed by atoms with E-state index in [1.165, 1.54) is 19.3 Å². The first-order chi connectivity index (χ1) is 9.40. The minimum Gasteiger partial charge on any atom is -0.494 e. The van der Waals surface area contributed by atoms with Gasteiger partial charge in [-0.15, -0.1) is 0 Å². The molecule has 0 aliphatic carbocycles. The summed E-state index contributed by atoms with van der Waals surface area (Å²) in [7, 11) is 0. The van der Waals surface area contributed by atoms with E-state index < -0.39 is 0 Å². The van der Waals surface area contributed by atoms with E-state index in [2.05, 4.69) is 26.1 Å². The van der Waals surface area contributed by atoms with Crippen LogP contribution < -0.4 is 4.74 Å². The van der Waals surface area contributed by atoms with Crippen LogP contribution in [0.5, 0.6) is 5.75 Å². The monoisotopic (exact) mass is 322 g/mol. The first-order valence-electron chi connectivity index (χ1n) is 6.69. The third-order valence-corrected chi connectivity index (χ3v) is 3.52. The zero-order chi connectivity index (χ0) is 13.3. The van der Waals surface area contributed by atoms with Gasteiger partial charge in [-0.3, -0.25) is 5.10 Å². The second-order valence-electron chi connectivity index (χ2n) is 4.45.